The lowest BCUT2D eigenvalue weighted by molar-refractivity contribution is -0.141. The van der Waals surface area contributed by atoms with Crippen molar-refractivity contribution in [1.82, 2.24) is 15.1 Å². The maximum atomic E-state index is 13.4. The van der Waals surface area contributed by atoms with Crippen molar-refractivity contribution in [2.24, 2.45) is 11.3 Å². The number of imide groups is 1. The van der Waals surface area contributed by atoms with E-state index >= 15 is 0 Å². The van der Waals surface area contributed by atoms with Gasteiger partial charge in [0.2, 0.25) is 5.91 Å². The smallest absolute Gasteiger partial charge is 0.325 e. The van der Waals surface area contributed by atoms with Gasteiger partial charge in [0.25, 0.3) is 5.91 Å². The van der Waals surface area contributed by atoms with Gasteiger partial charge in [0.05, 0.1) is 19.4 Å². The summed E-state index contributed by atoms with van der Waals surface area (Å²) < 4.78 is 5.42. The molecule has 0 unspecified atom stereocenters. The third kappa shape index (κ3) is 4.54. The molecule has 3 heterocycles. The van der Waals surface area contributed by atoms with Crippen molar-refractivity contribution < 1.29 is 18.8 Å². The van der Waals surface area contributed by atoms with Crippen LogP contribution >= 0.6 is 11.3 Å². The number of carbonyl (C=O) groups excluding carboxylic acids is 3. The number of nitrogens with zero attached hydrogens (tertiary/aromatic N) is 2. The van der Waals surface area contributed by atoms with E-state index in [0.717, 1.165) is 16.2 Å². The first-order valence-corrected chi connectivity index (χ1v) is 11.5. The van der Waals surface area contributed by atoms with Crippen LogP contribution in [0.1, 0.15) is 50.7 Å². The Morgan fingerprint density at radius 3 is 2.71 bits per heavy atom. The summed E-state index contributed by atoms with van der Waals surface area (Å²) in [5.74, 6) is 0.410. The van der Waals surface area contributed by atoms with E-state index in [1.165, 1.54) is 0 Å². The molecule has 4 amide bonds. The minimum absolute atomic E-state index is 0.0505. The Morgan fingerprint density at radius 2 is 2.06 bits per heavy atom. The van der Waals surface area contributed by atoms with Gasteiger partial charge in [-0.15, -0.1) is 11.3 Å². The molecule has 2 aliphatic rings. The highest BCUT2D eigenvalue weighted by atomic mass is 32.1. The molecule has 1 saturated heterocycles. The van der Waals surface area contributed by atoms with E-state index < -0.39 is 11.6 Å². The van der Waals surface area contributed by atoms with Crippen LogP contribution in [0.25, 0.3) is 0 Å². The summed E-state index contributed by atoms with van der Waals surface area (Å²) in [5.41, 5.74) is -0.955. The number of amides is 4. The second-order valence-corrected chi connectivity index (χ2v) is 10.7. The van der Waals surface area contributed by atoms with Gasteiger partial charge in [-0.1, -0.05) is 26.8 Å². The topological polar surface area (TPSA) is 82.9 Å². The molecule has 1 saturated carbocycles. The minimum Gasteiger partial charge on any atom is -0.467 e. The molecule has 1 N–H and O–H groups in total. The fourth-order valence-corrected chi connectivity index (χ4v) is 6.02. The van der Waals surface area contributed by atoms with Crippen LogP contribution in [-0.2, 0) is 22.7 Å². The summed E-state index contributed by atoms with van der Waals surface area (Å²) in [7, 11) is 0. The third-order valence-corrected chi connectivity index (χ3v) is 6.99. The summed E-state index contributed by atoms with van der Waals surface area (Å²) in [6.07, 6.45) is 3.77. The Bertz CT molecular complexity index is 917. The average molecular weight is 444 g/mol. The highest BCUT2D eigenvalue weighted by Gasteiger charge is 2.56. The highest BCUT2D eigenvalue weighted by molar-refractivity contribution is 7.09. The largest absolute Gasteiger partial charge is 0.467 e. The zero-order valence-electron chi connectivity index (χ0n) is 18.2. The maximum absolute atomic E-state index is 13.4. The molecule has 2 atom stereocenters. The van der Waals surface area contributed by atoms with Crippen molar-refractivity contribution in [2.75, 3.05) is 6.54 Å². The molecule has 166 valence electrons. The van der Waals surface area contributed by atoms with Crippen molar-refractivity contribution >= 4 is 29.2 Å². The first-order chi connectivity index (χ1) is 14.7. The third-order valence-electron chi connectivity index (χ3n) is 6.12. The van der Waals surface area contributed by atoms with E-state index in [1.807, 2.05) is 23.6 Å². The normalized spacial score (nSPS) is 25.1. The van der Waals surface area contributed by atoms with Gasteiger partial charge in [0.1, 0.15) is 17.8 Å². The van der Waals surface area contributed by atoms with Gasteiger partial charge in [0, 0.05) is 4.88 Å². The van der Waals surface area contributed by atoms with Crippen molar-refractivity contribution in [3.05, 3.63) is 46.5 Å². The van der Waals surface area contributed by atoms with E-state index in [4.69, 9.17) is 4.42 Å². The van der Waals surface area contributed by atoms with Crippen LogP contribution in [-0.4, -0.2) is 39.7 Å². The summed E-state index contributed by atoms with van der Waals surface area (Å²) in [6.45, 7) is 6.78. The Morgan fingerprint density at radius 1 is 1.26 bits per heavy atom. The number of carbonyl (C=O) groups is 3. The van der Waals surface area contributed by atoms with Crippen LogP contribution in [0.15, 0.2) is 40.3 Å². The second-order valence-electron chi connectivity index (χ2n) is 9.67. The van der Waals surface area contributed by atoms with Gasteiger partial charge in [-0.2, -0.15) is 0 Å². The number of thiophene rings is 1. The van der Waals surface area contributed by atoms with Crippen molar-refractivity contribution in [1.29, 1.82) is 0 Å². The van der Waals surface area contributed by atoms with Crippen LogP contribution in [0.3, 0.4) is 0 Å². The molecule has 31 heavy (non-hydrogen) atoms. The number of furan rings is 1. The van der Waals surface area contributed by atoms with E-state index in [2.05, 4.69) is 26.1 Å². The van der Waals surface area contributed by atoms with Crippen LogP contribution in [0, 0.1) is 11.3 Å². The van der Waals surface area contributed by atoms with Gasteiger partial charge < -0.3 is 14.6 Å². The lowest BCUT2D eigenvalue weighted by atomic mass is 9.64. The highest BCUT2D eigenvalue weighted by Crippen LogP contribution is 2.46. The first kappa shape index (κ1) is 21.6. The van der Waals surface area contributed by atoms with Gasteiger partial charge >= 0.3 is 6.03 Å². The predicted octanol–water partition coefficient (Wildman–Crippen LogP) is 4.01. The minimum atomic E-state index is -0.905. The SMILES string of the molecule is C[C@@H]1CC(C)(C)C[C@]2(C1)NC(=O)N(CC(=O)N(Cc1ccco1)Cc1cccs1)C2=O. The van der Waals surface area contributed by atoms with Crippen LogP contribution in [0.2, 0.25) is 0 Å². The molecule has 8 heteroatoms. The van der Waals surface area contributed by atoms with Gasteiger partial charge in [0.15, 0.2) is 0 Å². The van der Waals surface area contributed by atoms with Gasteiger partial charge in [-0.25, -0.2) is 4.79 Å². The first-order valence-electron chi connectivity index (χ1n) is 10.6. The molecular formula is C23H29N3O4S. The summed E-state index contributed by atoms with van der Waals surface area (Å²) in [5, 5.41) is 4.90. The number of hydrogen-bond donors (Lipinski definition) is 1. The predicted molar refractivity (Wildman–Crippen MR) is 117 cm³/mol. The zero-order chi connectivity index (χ0) is 22.2. The fourth-order valence-electron chi connectivity index (χ4n) is 5.30. The summed E-state index contributed by atoms with van der Waals surface area (Å²) >= 11 is 1.56. The Hall–Kier alpha value is -2.61. The van der Waals surface area contributed by atoms with Crippen LogP contribution in [0.4, 0.5) is 4.79 Å². The maximum Gasteiger partial charge on any atom is 0.325 e. The molecule has 2 fully saturated rings. The molecule has 1 aliphatic heterocycles. The molecule has 0 bridgehead atoms. The number of urea groups is 1. The molecular weight excluding hydrogens is 414 g/mol. The fraction of sp³-hybridized carbons (Fsp3) is 0.522. The molecule has 0 radical (unpaired) electrons. The van der Waals surface area contributed by atoms with E-state index in [0.29, 0.717) is 31.1 Å². The van der Waals surface area contributed by atoms with Crippen molar-refractivity contribution in [3.8, 4) is 0 Å². The van der Waals surface area contributed by atoms with Gasteiger partial charge in [-0.05, 0) is 54.2 Å². The standard InChI is InChI=1S/C23H29N3O4S/c1-16-10-22(2,3)15-23(11-16)20(28)26(21(29)24-23)14-19(27)25(12-17-6-4-8-30-17)13-18-7-5-9-31-18/h4-9,16H,10-15H2,1-3H3,(H,24,29)/t16-,23+/m1/s1. The molecule has 2 aromatic rings. The van der Waals surface area contributed by atoms with Crippen LogP contribution in [0.5, 0.6) is 0 Å². The molecule has 2 aromatic heterocycles. The summed E-state index contributed by atoms with van der Waals surface area (Å²) in [4.78, 5) is 43.1. The Balaban J connectivity index is 1.51. The summed E-state index contributed by atoms with van der Waals surface area (Å²) in [6, 6.07) is 7.00. The zero-order valence-corrected chi connectivity index (χ0v) is 19.0. The van der Waals surface area contributed by atoms with Crippen molar-refractivity contribution in [2.45, 2.75) is 58.7 Å². The number of rotatable bonds is 6. The molecule has 1 spiro atoms. The Kier molecular flexibility index (Phi) is 5.68. The van der Waals surface area contributed by atoms with Crippen LogP contribution < -0.4 is 5.32 Å². The van der Waals surface area contributed by atoms with E-state index in [9.17, 15) is 14.4 Å². The quantitative estimate of drug-likeness (QED) is 0.684. The lowest BCUT2D eigenvalue weighted by Gasteiger charge is -2.43. The van der Waals surface area contributed by atoms with E-state index in [1.54, 1.807) is 28.6 Å². The second kappa shape index (κ2) is 8.15. The molecule has 4 rings (SSSR count). The van der Waals surface area contributed by atoms with E-state index in [-0.39, 0.29) is 30.3 Å². The molecule has 0 aromatic carbocycles. The molecule has 1 aliphatic carbocycles. The molecule has 7 nitrogen and oxygen atoms in total. The van der Waals surface area contributed by atoms with Gasteiger partial charge in [-0.3, -0.25) is 14.5 Å². The number of hydrogen-bond acceptors (Lipinski definition) is 5. The lowest BCUT2D eigenvalue weighted by Crippen LogP contribution is -2.54. The number of nitrogens with one attached hydrogen (secondary N) is 1. The Labute approximate surface area is 186 Å². The average Bonchev–Trinajstić information content (AvgIpc) is 3.40. The monoisotopic (exact) mass is 443 g/mol. The van der Waals surface area contributed by atoms with Crippen molar-refractivity contribution in [3.63, 3.8) is 0 Å².